The van der Waals surface area contributed by atoms with E-state index in [9.17, 15) is 9.90 Å². The van der Waals surface area contributed by atoms with Crippen LogP contribution >= 0.6 is 0 Å². The predicted molar refractivity (Wildman–Crippen MR) is 80.7 cm³/mol. The minimum absolute atomic E-state index is 0.0544. The minimum Gasteiger partial charge on any atom is -0.493 e. The third-order valence-electron chi connectivity index (χ3n) is 4.82. The van der Waals surface area contributed by atoms with Crippen molar-refractivity contribution < 1.29 is 24.1 Å². The lowest BCUT2D eigenvalue weighted by atomic mass is 9.78. The van der Waals surface area contributed by atoms with E-state index >= 15 is 0 Å². The molecule has 2 aliphatic rings. The number of hydrogen-bond acceptors (Lipinski definition) is 4. The van der Waals surface area contributed by atoms with Crippen LogP contribution in [0, 0.1) is 17.8 Å². The second-order valence-electron chi connectivity index (χ2n) is 5.80. The number of methoxy groups -OCH3 is 3. The van der Waals surface area contributed by atoms with Gasteiger partial charge in [0.2, 0.25) is 5.75 Å². The molecule has 3 rings (SSSR count). The van der Waals surface area contributed by atoms with E-state index in [0.29, 0.717) is 17.2 Å². The van der Waals surface area contributed by atoms with Crippen LogP contribution in [0.15, 0.2) is 24.3 Å². The van der Waals surface area contributed by atoms with E-state index in [1.54, 1.807) is 21.3 Å². The van der Waals surface area contributed by atoms with Gasteiger partial charge in [-0.2, -0.15) is 0 Å². The van der Waals surface area contributed by atoms with Crippen molar-refractivity contribution in [3.8, 4) is 17.2 Å². The van der Waals surface area contributed by atoms with Crippen molar-refractivity contribution in [3.05, 3.63) is 29.8 Å². The van der Waals surface area contributed by atoms with Gasteiger partial charge in [0.05, 0.1) is 27.2 Å². The first-order chi connectivity index (χ1) is 10.6. The van der Waals surface area contributed by atoms with E-state index in [1.165, 1.54) is 0 Å². The fraction of sp³-hybridized carbons (Fsp3) is 0.471. The van der Waals surface area contributed by atoms with Crippen molar-refractivity contribution in [2.75, 3.05) is 21.3 Å². The summed E-state index contributed by atoms with van der Waals surface area (Å²) in [5, 5.41) is 9.60. The highest BCUT2D eigenvalue weighted by Gasteiger charge is 2.49. The molecule has 22 heavy (non-hydrogen) atoms. The normalized spacial score (nSPS) is 28.7. The molecule has 0 saturated heterocycles. The maximum atomic E-state index is 11.7. The fourth-order valence-corrected chi connectivity index (χ4v) is 3.91. The molecule has 1 aromatic carbocycles. The summed E-state index contributed by atoms with van der Waals surface area (Å²) in [6.07, 6.45) is 5.08. The first-order valence-corrected chi connectivity index (χ1v) is 7.31. The number of fused-ring (bicyclic) bond motifs is 2. The number of hydrogen-bond donors (Lipinski definition) is 1. The lowest BCUT2D eigenvalue weighted by molar-refractivity contribution is -0.143. The molecule has 1 fully saturated rings. The second-order valence-corrected chi connectivity index (χ2v) is 5.80. The van der Waals surface area contributed by atoms with Crippen molar-refractivity contribution in [1.29, 1.82) is 0 Å². The van der Waals surface area contributed by atoms with Crippen molar-refractivity contribution >= 4 is 5.97 Å². The number of aliphatic carboxylic acids is 1. The molecular formula is C17H20O5. The number of carboxylic acid groups (broad SMARTS) is 1. The molecule has 0 aromatic heterocycles. The van der Waals surface area contributed by atoms with Crippen molar-refractivity contribution in [2.45, 2.75) is 12.3 Å². The van der Waals surface area contributed by atoms with E-state index in [4.69, 9.17) is 14.2 Å². The molecule has 0 radical (unpaired) electrons. The van der Waals surface area contributed by atoms with E-state index in [1.807, 2.05) is 18.2 Å². The van der Waals surface area contributed by atoms with Gasteiger partial charge in [-0.15, -0.1) is 0 Å². The van der Waals surface area contributed by atoms with Gasteiger partial charge in [-0.3, -0.25) is 4.79 Å². The van der Waals surface area contributed by atoms with Gasteiger partial charge in [0.1, 0.15) is 0 Å². The Morgan fingerprint density at radius 2 is 1.64 bits per heavy atom. The Kier molecular flexibility index (Phi) is 3.72. The molecule has 2 aliphatic carbocycles. The average Bonchev–Trinajstić information content (AvgIpc) is 3.14. The highest BCUT2D eigenvalue weighted by atomic mass is 16.5. The van der Waals surface area contributed by atoms with E-state index in [2.05, 4.69) is 6.08 Å². The largest absolute Gasteiger partial charge is 0.493 e. The summed E-state index contributed by atoms with van der Waals surface area (Å²) in [5.41, 5.74) is 0.929. The second kappa shape index (κ2) is 5.55. The topological polar surface area (TPSA) is 65.0 Å². The summed E-state index contributed by atoms with van der Waals surface area (Å²) >= 11 is 0. The van der Waals surface area contributed by atoms with Gasteiger partial charge in [-0.05, 0) is 36.0 Å². The average molecular weight is 304 g/mol. The molecular weight excluding hydrogens is 284 g/mol. The molecule has 1 saturated carbocycles. The third-order valence-corrected chi connectivity index (χ3v) is 4.82. The SMILES string of the molecule is COc1cc(C2C3C=CC(C3)C2C(=O)O)cc(OC)c1OC. The number of ether oxygens (including phenoxy) is 3. The Labute approximate surface area is 129 Å². The number of carboxylic acids is 1. The van der Waals surface area contributed by atoms with Gasteiger partial charge in [0.25, 0.3) is 0 Å². The van der Waals surface area contributed by atoms with Crippen LogP contribution in [-0.2, 0) is 4.79 Å². The van der Waals surface area contributed by atoms with E-state index < -0.39 is 11.9 Å². The van der Waals surface area contributed by atoms with Crippen LogP contribution in [0.4, 0.5) is 0 Å². The fourth-order valence-electron chi connectivity index (χ4n) is 3.91. The Morgan fingerprint density at radius 1 is 1.05 bits per heavy atom. The molecule has 2 bridgehead atoms. The number of carbonyl (C=O) groups is 1. The summed E-state index contributed by atoms with van der Waals surface area (Å²) < 4.78 is 16.1. The van der Waals surface area contributed by atoms with E-state index in [-0.39, 0.29) is 17.8 Å². The predicted octanol–water partition coefficient (Wildman–Crippen LogP) is 2.70. The first-order valence-electron chi connectivity index (χ1n) is 7.31. The molecule has 4 atom stereocenters. The van der Waals surface area contributed by atoms with Crippen LogP contribution in [0.5, 0.6) is 17.2 Å². The zero-order valence-corrected chi connectivity index (χ0v) is 12.9. The Bertz CT molecular complexity index is 596. The standard InChI is InChI=1S/C17H20O5/c1-20-12-7-11(8-13(21-2)16(12)22-3)14-9-4-5-10(6-9)15(14)17(18)19/h4-5,7-10,14-15H,6H2,1-3H3,(H,18,19). The lowest BCUT2D eigenvalue weighted by Gasteiger charge is -2.26. The van der Waals surface area contributed by atoms with Crippen molar-refractivity contribution in [1.82, 2.24) is 0 Å². The molecule has 0 aliphatic heterocycles. The maximum absolute atomic E-state index is 11.7. The third kappa shape index (κ3) is 2.12. The van der Waals surface area contributed by atoms with Crippen LogP contribution in [0.1, 0.15) is 17.9 Å². The summed E-state index contributed by atoms with van der Waals surface area (Å²) in [4.78, 5) is 11.7. The lowest BCUT2D eigenvalue weighted by Crippen LogP contribution is -2.25. The Hall–Kier alpha value is -2.17. The molecule has 1 N–H and O–H groups in total. The number of benzene rings is 1. The minimum atomic E-state index is -0.740. The van der Waals surface area contributed by atoms with Gasteiger partial charge in [-0.25, -0.2) is 0 Å². The van der Waals surface area contributed by atoms with Crippen LogP contribution in [0.3, 0.4) is 0 Å². The van der Waals surface area contributed by atoms with Crippen LogP contribution in [0.2, 0.25) is 0 Å². The van der Waals surface area contributed by atoms with Gasteiger partial charge < -0.3 is 19.3 Å². The smallest absolute Gasteiger partial charge is 0.307 e. The molecule has 4 unspecified atom stereocenters. The molecule has 1 aromatic rings. The molecule has 0 amide bonds. The summed E-state index contributed by atoms with van der Waals surface area (Å²) in [7, 11) is 4.69. The molecule has 5 heteroatoms. The van der Waals surface area contributed by atoms with Gasteiger partial charge in [0.15, 0.2) is 11.5 Å². The van der Waals surface area contributed by atoms with Gasteiger partial charge in [-0.1, -0.05) is 12.2 Å². The molecule has 0 spiro atoms. The van der Waals surface area contributed by atoms with Crippen molar-refractivity contribution in [3.63, 3.8) is 0 Å². The molecule has 5 nitrogen and oxygen atoms in total. The maximum Gasteiger partial charge on any atom is 0.307 e. The zero-order valence-electron chi connectivity index (χ0n) is 12.9. The van der Waals surface area contributed by atoms with Crippen LogP contribution in [-0.4, -0.2) is 32.4 Å². The summed E-state index contributed by atoms with van der Waals surface area (Å²) in [6.45, 7) is 0. The van der Waals surface area contributed by atoms with Crippen LogP contribution < -0.4 is 14.2 Å². The highest BCUT2D eigenvalue weighted by molar-refractivity contribution is 5.74. The molecule has 118 valence electrons. The van der Waals surface area contributed by atoms with Gasteiger partial charge >= 0.3 is 5.97 Å². The number of rotatable bonds is 5. The Balaban J connectivity index is 2.08. The van der Waals surface area contributed by atoms with Crippen molar-refractivity contribution in [2.24, 2.45) is 17.8 Å². The quantitative estimate of drug-likeness (QED) is 0.847. The monoisotopic (exact) mass is 304 g/mol. The van der Waals surface area contributed by atoms with Gasteiger partial charge in [0, 0.05) is 5.92 Å². The summed E-state index contributed by atoms with van der Waals surface area (Å²) in [5.74, 6) is 0.843. The Morgan fingerprint density at radius 3 is 2.14 bits per heavy atom. The summed E-state index contributed by atoms with van der Waals surface area (Å²) in [6, 6.07) is 3.74. The molecule has 0 heterocycles. The first kappa shape index (κ1) is 14.8. The highest BCUT2D eigenvalue weighted by Crippen LogP contribution is 2.54. The number of allylic oxidation sites excluding steroid dienone is 2. The van der Waals surface area contributed by atoms with E-state index in [0.717, 1.165) is 12.0 Å². The zero-order chi connectivity index (χ0) is 15.9. The van der Waals surface area contributed by atoms with Crippen LogP contribution in [0.25, 0.3) is 0 Å².